The first-order chi connectivity index (χ1) is 16.5. The van der Waals surface area contributed by atoms with Crippen molar-refractivity contribution < 1.29 is 9.13 Å². The second-order valence-electron chi connectivity index (χ2n) is 7.58. The van der Waals surface area contributed by atoms with Crippen molar-refractivity contribution in [2.45, 2.75) is 0 Å². The molecule has 0 radical (unpaired) electrons. The number of para-hydroxylation sites is 1. The first-order valence-electron chi connectivity index (χ1n) is 10.5. The number of benzene rings is 3. The highest BCUT2D eigenvalue weighted by molar-refractivity contribution is 5.79. The number of halogens is 1. The fourth-order valence-corrected chi connectivity index (χ4v) is 3.48. The maximum Gasteiger partial charge on any atom is 0.272 e. The molecule has 0 fully saturated rings. The molecule has 3 aromatic carbocycles. The Hall–Kier alpha value is -4.78. The Kier molecular flexibility index (Phi) is 5.58. The molecule has 0 unspecified atom stereocenters. The van der Waals surface area contributed by atoms with Gasteiger partial charge < -0.3 is 14.7 Å². The molecular weight excluding hydrogens is 433 g/mol. The molecule has 0 spiro atoms. The number of nitrogens with one attached hydrogen (secondary N) is 2. The summed E-state index contributed by atoms with van der Waals surface area (Å²) < 4.78 is 18.8. The third-order valence-electron chi connectivity index (χ3n) is 5.12. The summed E-state index contributed by atoms with van der Waals surface area (Å²) >= 11 is 0. The Morgan fingerprint density at radius 2 is 1.47 bits per heavy atom. The van der Waals surface area contributed by atoms with Gasteiger partial charge in [-0.05, 0) is 66.2 Å². The summed E-state index contributed by atoms with van der Waals surface area (Å²) in [4.78, 5) is 35.0. The Balaban J connectivity index is 1.48. The van der Waals surface area contributed by atoms with E-state index in [9.17, 15) is 14.0 Å². The molecule has 2 N–H and O–H groups in total. The van der Waals surface area contributed by atoms with E-state index in [4.69, 9.17) is 4.74 Å². The Bertz CT molecular complexity index is 1740. The van der Waals surface area contributed by atoms with Crippen LogP contribution in [0.25, 0.3) is 23.1 Å². The molecule has 2 heterocycles. The monoisotopic (exact) mass is 451 g/mol. The third kappa shape index (κ3) is 4.68. The lowest BCUT2D eigenvalue weighted by Gasteiger charge is -2.06. The van der Waals surface area contributed by atoms with Crippen LogP contribution in [0.1, 0.15) is 11.3 Å². The first kappa shape index (κ1) is 21.1. The van der Waals surface area contributed by atoms with Crippen molar-refractivity contribution in [3.05, 3.63) is 133 Å². The average molecular weight is 451 g/mol. The summed E-state index contributed by atoms with van der Waals surface area (Å²) in [5, 5.41) is 1.20. The number of ether oxygens (including phenoxy) is 1. The van der Waals surface area contributed by atoms with Gasteiger partial charge in [-0.25, -0.2) is 9.37 Å². The van der Waals surface area contributed by atoms with Gasteiger partial charge in [0, 0.05) is 5.39 Å². The predicted octanol–water partition coefficient (Wildman–Crippen LogP) is 3.20. The van der Waals surface area contributed by atoms with E-state index in [1.165, 1.54) is 30.3 Å². The molecule has 0 saturated heterocycles. The van der Waals surface area contributed by atoms with Gasteiger partial charge in [-0.3, -0.25) is 9.59 Å². The highest BCUT2D eigenvalue weighted by atomic mass is 19.1. The van der Waals surface area contributed by atoms with E-state index in [0.717, 1.165) is 10.9 Å². The Morgan fingerprint density at radius 1 is 0.735 bits per heavy atom. The molecule has 0 atom stereocenters. The third-order valence-corrected chi connectivity index (χ3v) is 5.12. The van der Waals surface area contributed by atoms with Crippen LogP contribution in [0.4, 0.5) is 4.39 Å². The maximum absolute atomic E-state index is 13.1. The van der Waals surface area contributed by atoms with Crippen LogP contribution in [-0.2, 0) is 0 Å². The summed E-state index contributed by atoms with van der Waals surface area (Å²) in [6.45, 7) is 0. The zero-order chi connectivity index (χ0) is 23.5. The number of rotatable bonds is 4. The van der Waals surface area contributed by atoms with Crippen molar-refractivity contribution >= 4 is 23.1 Å². The SMILES string of the molecule is O=c1[nH]/c(=C\c2ccc3ccccc3n2)c(=O)[nH]/c1=C\c1cccc(Oc2ccc(F)cc2)c1. The normalized spacial score (nSPS) is 12.3. The number of H-pyrrole nitrogens is 2. The van der Waals surface area contributed by atoms with E-state index in [1.807, 2.05) is 30.3 Å². The van der Waals surface area contributed by atoms with Crippen LogP contribution in [0.15, 0.2) is 94.5 Å². The number of fused-ring (bicyclic) bond motifs is 1. The van der Waals surface area contributed by atoms with Crippen LogP contribution < -0.4 is 26.6 Å². The van der Waals surface area contributed by atoms with Crippen molar-refractivity contribution in [1.29, 1.82) is 0 Å². The average Bonchev–Trinajstić information content (AvgIpc) is 2.84. The lowest BCUT2D eigenvalue weighted by atomic mass is 10.2. The van der Waals surface area contributed by atoms with Crippen LogP contribution in [0.3, 0.4) is 0 Å². The van der Waals surface area contributed by atoms with Gasteiger partial charge in [-0.1, -0.05) is 36.4 Å². The molecular formula is C27H18FN3O3. The minimum Gasteiger partial charge on any atom is -0.457 e. The van der Waals surface area contributed by atoms with Crippen molar-refractivity contribution in [3.63, 3.8) is 0 Å². The predicted molar refractivity (Wildman–Crippen MR) is 129 cm³/mol. The molecule has 166 valence electrons. The second kappa shape index (κ2) is 8.99. The summed E-state index contributed by atoms with van der Waals surface area (Å²) in [6.07, 6.45) is 3.09. The van der Waals surface area contributed by atoms with E-state index in [-0.39, 0.29) is 16.5 Å². The van der Waals surface area contributed by atoms with Crippen LogP contribution >= 0.6 is 0 Å². The molecule has 0 bridgehead atoms. The zero-order valence-corrected chi connectivity index (χ0v) is 17.8. The quantitative estimate of drug-likeness (QED) is 0.439. The van der Waals surface area contributed by atoms with Gasteiger partial charge in [0.1, 0.15) is 28.0 Å². The minimum atomic E-state index is -0.448. The molecule has 0 amide bonds. The van der Waals surface area contributed by atoms with Gasteiger partial charge in [0.25, 0.3) is 11.1 Å². The molecule has 0 saturated carbocycles. The van der Waals surface area contributed by atoms with Crippen LogP contribution in [0.5, 0.6) is 11.5 Å². The van der Waals surface area contributed by atoms with Gasteiger partial charge in [-0.2, -0.15) is 0 Å². The summed E-state index contributed by atoms with van der Waals surface area (Å²) in [6, 6.07) is 24.0. The van der Waals surface area contributed by atoms with Crippen molar-refractivity contribution in [2.24, 2.45) is 0 Å². The number of nitrogens with zero attached hydrogens (tertiary/aromatic N) is 1. The van der Waals surface area contributed by atoms with E-state index >= 15 is 0 Å². The van der Waals surface area contributed by atoms with E-state index < -0.39 is 11.1 Å². The van der Waals surface area contributed by atoms with E-state index in [2.05, 4.69) is 15.0 Å². The molecule has 6 nitrogen and oxygen atoms in total. The lowest BCUT2D eigenvalue weighted by molar-refractivity contribution is 0.480. The molecule has 5 aromatic rings. The Morgan fingerprint density at radius 3 is 2.26 bits per heavy atom. The van der Waals surface area contributed by atoms with Gasteiger partial charge in [0.05, 0.1) is 11.2 Å². The van der Waals surface area contributed by atoms with Crippen molar-refractivity contribution in [2.75, 3.05) is 0 Å². The molecule has 0 aliphatic rings. The van der Waals surface area contributed by atoms with Crippen LogP contribution in [0, 0.1) is 5.82 Å². The molecule has 7 heteroatoms. The highest BCUT2D eigenvalue weighted by Gasteiger charge is 2.02. The van der Waals surface area contributed by atoms with Gasteiger partial charge in [-0.15, -0.1) is 0 Å². The van der Waals surface area contributed by atoms with Gasteiger partial charge in [0.2, 0.25) is 0 Å². The number of pyridine rings is 1. The Labute approximate surface area is 192 Å². The topological polar surface area (TPSA) is 87.8 Å². The zero-order valence-electron chi connectivity index (χ0n) is 17.8. The maximum atomic E-state index is 13.1. The summed E-state index contributed by atoms with van der Waals surface area (Å²) in [5.74, 6) is 0.633. The highest BCUT2D eigenvalue weighted by Crippen LogP contribution is 2.22. The van der Waals surface area contributed by atoms with E-state index in [0.29, 0.717) is 22.8 Å². The molecule has 2 aromatic heterocycles. The smallest absolute Gasteiger partial charge is 0.272 e. The number of hydrogen-bond acceptors (Lipinski definition) is 4. The van der Waals surface area contributed by atoms with Crippen LogP contribution in [0.2, 0.25) is 0 Å². The number of aromatic nitrogens is 3. The minimum absolute atomic E-state index is 0.104. The van der Waals surface area contributed by atoms with Crippen molar-refractivity contribution in [1.82, 2.24) is 15.0 Å². The fourth-order valence-electron chi connectivity index (χ4n) is 3.48. The second-order valence-corrected chi connectivity index (χ2v) is 7.58. The molecule has 0 aliphatic heterocycles. The lowest BCUT2D eigenvalue weighted by Crippen LogP contribution is -2.46. The standard InChI is InChI=1S/C27H18FN3O3/c28-19-9-12-21(13-10-19)34-22-6-3-4-17(14-22)15-24-26(32)31-25(27(33)30-24)16-20-11-8-18-5-1-2-7-23(18)29-20/h1-16H,(H,30,33)(H,31,32)/b24-15-,25-16-. The van der Waals surface area contributed by atoms with Gasteiger partial charge >= 0.3 is 0 Å². The van der Waals surface area contributed by atoms with Crippen molar-refractivity contribution in [3.8, 4) is 11.5 Å². The first-order valence-corrected chi connectivity index (χ1v) is 10.5. The number of hydrogen-bond donors (Lipinski definition) is 2. The van der Waals surface area contributed by atoms with Crippen LogP contribution in [-0.4, -0.2) is 15.0 Å². The number of aromatic amines is 2. The molecule has 0 aliphatic carbocycles. The molecule has 5 rings (SSSR count). The summed E-state index contributed by atoms with van der Waals surface area (Å²) in [7, 11) is 0. The largest absolute Gasteiger partial charge is 0.457 e. The molecule has 34 heavy (non-hydrogen) atoms. The summed E-state index contributed by atoms with van der Waals surface area (Å²) in [5.41, 5.74) is 1.11. The fraction of sp³-hybridized carbons (Fsp3) is 0. The van der Waals surface area contributed by atoms with E-state index in [1.54, 1.807) is 36.4 Å². The van der Waals surface area contributed by atoms with Gasteiger partial charge in [0.15, 0.2) is 0 Å².